The Bertz CT molecular complexity index is 4090. The smallest absolute Gasteiger partial charge is 0.166 e. The van der Waals surface area contributed by atoms with E-state index in [0.29, 0.717) is 46.8 Å². The third-order valence-electron chi connectivity index (χ3n) is 22.6. The summed E-state index contributed by atoms with van der Waals surface area (Å²) in [5, 5.41) is 9.95. The SMILES string of the molecule is CC1(C)c2c(cc3c4cc5c(cc4n4c6cc7c(cc6c2c34)C2CCC(CC2)C7=O)C(=O)C2CCC5CC2)-c2cc3c4cc5c(cc4n4c6cc7c(cc6c(c21)c34)C1CCC(CC1)C7=O)C(=O)C1CCC5CC1. The summed E-state index contributed by atoms with van der Waals surface area (Å²) in [6.07, 6.45) is 16.3. The van der Waals surface area contributed by atoms with Crippen molar-refractivity contribution in [3.05, 3.63) is 116 Å². The molecule has 0 N–H and O–H groups in total. The van der Waals surface area contributed by atoms with Gasteiger partial charge in [-0.3, -0.25) is 19.2 Å². The van der Waals surface area contributed by atoms with Crippen LogP contribution in [0.1, 0.15) is 215 Å². The van der Waals surface area contributed by atoms with Crippen LogP contribution in [0.2, 0.25) is 0 Å². The Labute approximate surface area is 422 Å². The minimum Gasteiger partial charge on any atom is -0.308 e. The first-order chi connectivity index (χ1) is 35.6. The van der Waals surface area contributed by atoms with Crippen LogP contribution in [0.15, 0.2) is 60.7 Å². The molecule has 0 unspecified atom stereocenters. The zero-order chi connectivity index (χ0) is 48.0. The first kappa shape index (κ1) is 40.0. The number of rotatable bonds is 0. The van der Waals surface area contributed by atoms with Crippen LogP contribution in [0.25, 0.3) is 87.3 Å². The predicted octanol–water partition coefficient (Wildman–Crippen LogP) is 16.2. The van der Waals surface area contributed by atoms with E-state index < -0.39 is 5.41 Å². The van der Waals surface area contributed by atoms with Crippen molar-refractivity contribution >= 4 is 99.3 Å². The minimum atomic E-state index is -0.454. The highest BCUT2D eigenvalue weighted by molar-refractivity contribution is 6.32. The van der Waals surface area contributed by atoms with E-state index in [1.807, 2.05) is 0 Å². The molecular formula is C67H56N2O4. The van der Waals surface area contributed by atoms with Crippen molar-refractivity contribution < 1.29 is 19.2 Å². The van der Waals surface area contributed by atoms with E-state index in [9.17, 15) is 19.2 Å². The molecule has 23 rings (SSSR count). The fourth-order valence-corrected chi connectivity index (χ4v) is 19.1. The van der Waals surface area contributed by atoms with Crippen molar-refractivity contribution in [1.29, 1.82) is 0 Å². The molecule has 6 nitrogen and oxygen atoms in total. The molecule has 0 atom stereocenters. The maximum Gasteiger partial charge on any atom is 0.166 e. The Morgan fingerprint density at radius 1 is 0.315 bits per heavy atom. The van der Waals surface area contributed by atoms with Gasteiger partial charge < -0.3 is 8.80 Å². The fourth-order valence-electron chi connectivity index (χ4n) is 19.1. The van der Waals surface area contributed by atoms with E-state index in [-0.39, 0.29) is 23.7 Å². The van der Waals surface area contributed by atoms with Crippen LogP contribution in [0, 0.1) is 23.7 Å². The molecule has 10 aromatic rings. The van der Waals surface area contributed by atoms with Crippen LogP contribution >= 0.6 is 0 Å². The number of carbonyl (C=O) groups excluding carboxylic acids is 4. The van der Waals surface area contributed by atoms with Gasteiger partial charge in [0.25, 0.3) is 0 Å². The molecule has 0 amide bonds. The summed E-state index contributed by atoms with van der Waals surface area (Å²) in [6, 6.07) is 24.0. The average molecular weight is 953 g/mol. The molecular weight excluding hydrogens is 897 g/mol. The molecule has 4 fully saturated rings. The molecule has 358 valence electrons. The van der Waals surface area contributed by atoms with Crippen LogP contribution in [-0.4, -0.2) is 31.9 Å². The Morgan fingerprint density at radius 2 is 0.575 bits per heavy atom. The number of ketones is 4. The standard InChI is InChI=1S/C67H56N2O4/c1-67(2)59-43(23-45-41-19-37-29-3-11-33(12-4-29)63(70)47(37)25-53(41)68-55-27-49-39(21-51(55)57(59)61(45)68)31-7-15-35(16-8-31)65(49)72)44-24-46-42-20-38-30-5-13-34(14-6-30)64(71)48(38)26-54(42)69-56-28-50-40(22-52(56)58(60(44)67)62(46)69)32-9-17-36(18-10-32)66(50)73/h19-36H,3-18H2,1-2H3. The van der Waals surface area contributed by atoms with E-state index in [0.717, 1.165) is 147 Å². The molecule has 73 heavy (non-hydrogen) atoms. The number of nitrogens with zero attached hydrogens (tertiary/aromatic N) is 2. The fraction of sp³-hybridized carbons (Fsp3) is 0.403. The monoisotopic (exact) mass is 952 g/mol. The molecule has 13 aliphatic carbocycles. The van der Waals surface area contributed by atoms with Gasteiger partial charge >= 0.3 is 0 Å². The third-order valence-corrected chi connectivity index (χ3v) is 22.6. The molecule has 4 heterocycles. The second kappa shape index (κ2) is 12.9. The Morgan fingerprint density at radius 3 is 0.877 bits per heavy atom. The topological polar surface area (TPSA) is 77.1 Å². The van der Waals surface area contributed by atoms with E-state index in [4.69, 9.17) is 0 Å². The van der Waals surface area contributed by atoms with Gasteiger partial charge in [-0.05, 0) is 232 Å². The van der Waals surface area contributed by atoms with Crippen molar-refractivity contribution in [2.75, 3.05) is 0 Å². The Hall–Kier alpha value is -6.40. The molecule has 8 bridgehead atoms. The van der Waals surface area contributed by atoms with Gasteiger partial charge in [-0.2, -0.15) is 0 Å². The number of fused-ring (bicyclic) bond motifs is 25. The van der Waals surface area contributed by atoms with Crippen molar-refractivity contribution in [2.45, 2.75) is 146 Å². The molecule has 4 aromatic heterocycles. The summed E-state index contributed by atoms with van der Waals surface area (Å²) in [5.74, 6) is 3.23. The van der Waals surface area contributed by atoms with Crippen molar-refractivity contribution in [2.24, 2.45) is 23.7 Å². The highest BCUT2D eigenvalue weighted by Gasteiger charge is 2.46. The lowest BCUT2D eigenvalue weighted by Gasteiger charge is -2.24. The first-order valence-electron chi connectivity index (χ1n) is 28.5. The van der Waals surface area contributed by atoms with Crippen molar-refractivity contribution in [3.63, 3.8) is 0 Å². The molecule has 0 aliphatic heterocycles. The second-order valence-electron chi connectivity index (χ2n) is 25.9. The Kier molecular flexibility index (Phi) is 7.08. The average Bonchev–Trinajstić information content (AvgIpc) is 4.13. The molecule has 6 heteroatoms. The second-order valence-corrected chi connectivity index (χ2v) is 25.9. The number of benzene rings is 6. The van der Waals surface area contributed by atoms with Crippen LogP contribution in [0.4, 0.5) is 0 Å². The van der Waals surface area contributed by atoms with Gasteiger partial charge in [-0.15, -0.1) is 0 Å². The van der Waals surface area contributed by atoms with E-state index in [2.05, 4.69) is 83.3 Å². The lowest BCUT2D eigenvalue weighted by Crippen LogP contribution is -2.16. The van der Waals surface area contributed by atoms with E-state index >= 15 is 0 Å². The largest absolute Gasteiger partial charge is 0.308 e. The van der Waals surface area contributed by atoms with Crippen LogP contribution in [-0.2, 0) is 5.41 Å². The van der Waals surface area contributed by atoms with Crippen LogP contribution in [0.5, 0.6) is 0 Å². The first-order valence-corrected chi connectivity index (χ1v) is 28.5. The quantitative estimate of drug-likeness (QED) is 0.152. The zero-order valence-corrected chi connectivity index (χ0v) is 41.7. The van der Waals surface area contributed by atoms with Gasteiger partial charge in [0.1, 0.15) is 0 Å². The normalized spacial score (nSPS) is 28.6. The number of hydrogen-bond acceptors (Lipinski definition) is 4. The van der Waals surface area contributed by atoms with Gasteiger partial charge in [-0.25, -0.2) is 0 Å². The molecule has 0 radical (unpaired) electrons. The summed E-state index contributed by atoms with van der Waals surface area (Å²) in [4.78, 5) is 58.2. The van der Waals surface area contributed by atoms with Gasteiger partial charge in [-0.1, -0.05) is 13.8 Å². The summed E-state index contributed by atoms with van der Waals surface area (Å²) >= 11 is 0. The van der Waals surface area contributed by atoms with Gasteiger partial charge in [0.2, 0.25) is 0 Å². The maximum atomic E-state index is 14.6. The van der Waals surface area contributed by atoms with Crippen LogP contribution < -0.4 is 0 Å². The summed E-state index contributed by atoms with van der Waals surface area (Å²) < 4.78 is 4.98. The summed E-state index contributed by atoms with van der Waals surface area (Å²) in [7, 11) is 0. The van der Waals surface area contributed by atoms with Crippen molar-refractivity contribution in [1.82, 2.24) is 8.80 Å². The predicted molar refractivity (Wildman–Crippen MR) is 289 cm³/mol. The minimum absolute atomic E-state index is 0.0958. The molecule has 6 aromatic carbocycles. The molecule has 0 spiro atoms. The van der Waals surface area contributed by atoms with Crippen molar-refractivity contribution in [3.8, 4) is 11.1 Å². The summed E-state index contributed by atoms with van der Waals surface area (Å²) in [6.45, 7) is 4.94. The Balaban J connectivity index is 0.987. The van der Waals surface area contributed by atoms with E-state index in [1.165, 1.54) is 98.6 Å². The number of Topliss-reactive ketones (excluding diaryl/α,β-unsaturated/α-hetero) is 4. The third kappa shape index (κ3) is 4.55. The summed E-state index contributed by atoms with van der Waals surface area (Å²) in [5.41, 5.74) is 20.3. The van der Waals surface area contributed by atoms with Gasteiger partial charge in [0.15, 0.2) is 23.1 Å². The van der Waals surface area contributed by atoms with Gasteiger partial charge in [0, 0.05) is 94.4 Å². The maximum absolute atomic E-state index is 14.6. The number of carbonyl (C=O) groups is 4. The number of hydrogen-bond donors (Lipinski definition) is 0. The molecule has 0 saturated heterocycles. The highest BCUT2D eigenvalue weighted by atomic mass is 16.1. The van der Waals surface area contributed by atoms with Crippen LogP contribution in [0.3, 0.4) is 0 Å². The lowest BCUT2D eigenvalue weighted by atomic mass is 9.77. The van der Waals surface area contributed by atoms with Gasteiger partial charge in [0.05, 0.1) is 33.1 Å². The van der Waals surface area contributed by atoms with E-state index in [1.54, 1.807) is 0 Å². The number of aromatic nitrogens is 2. The zero-order valence-electron chi connectivity index (χ0n) is 41.7. The molecule has 4 saturated carbocycles. The lowest BCUT2D eigenvalue weighted by molar-refractivity contribution is 0.0891. The highest BCUT2D eigenvalue weighted by Crippen LogP contribution is 2.62. The molecule has 13 aliphatic rings.